The molecule has 3 rings (SSSR count). The van der Waals surface area contributed by atoms with Gasteiger partial charge in [-0.25, -0.2) is 9.37 Å². The summed E-state index contributed by atoms with van der Waals surface area (Å²) < 4.78 is 15.4. The molecule has 2 aromatic heterocycles. The molecule has 0 radical (unpaired) electrons. The minimum Gasteiger partial charge on any atom is -0.321 e. The fourth-order valence-electron chi connectivity index (χ4n) is 2.24. The number of fused-ring (bicyclic) bond motifs is 1. The molecule has 2 heterocycles. The number of rotatable bonds is 3. The van der Waals surface area contributed by atoms with E-state index in [1.54, 1.807) is 12.3 Å². The maximum absolute atomic E-state index is 13.5. The van der Waals surface area contributed by atoms with Gasteiger partial charge in [0.05, 0.1) is 28.6 Å². The number of halogens is 2. The van der Waals surface area contributed by atoms with Gasteiger partial charge in [0.1, 0.15) is 11.6 Å². The maximum Gasteiger partial charge on any atom is 0.128 e. The average Bonchev–Trinajstić information content (AvgIpc) is 2.78. The van der Waals surface area contributed by atoms with E-state index in [1.807, 2.05) is 29.7 Å². The maximum atomic E-state index is 13.5. The molecule has 1 atom stereocenters. The number of hydrogen-bond acceptors (Lipinski definition) is 2. The minimum absolute atomic E-state index is 0.255. The van der Waals surface area contributed by atoms with Crippen LogP contribution in [-0.2, 0) is 6.54 Å². The monoisotopic (exact) mass is 289 g/mol. The summed E-state index contributed by atoms with van der Waals surface area (Å²) >= 11 is 6.19. The second kappa shape index (κ2) is 5.21. The van der Waals surface area contributed by atoms with Crippen LogP contribution in [0.5, 0.6) is 0 Å². The van der Waals surface area contributed by atoms with Crippen molar-refractivity contribution in [3.8, 4) is 0 Å². The van der Waals surface area contributed by atoms with E-state index in [4.69, 9.17) is 11.6 Å². The first kappa shape index (κ1) is 13.1. The number of imidazole rings is 1. The van der Waals surface area contributed by atoms with Gasteiger partial charge in [-0.1, -0.05) is 6.07 Å². The van der Waals surface area contributed by atoms with Gasteiger partial charge in [0.25, 0.3) is 0 Å². The summed E-state index contributed by atoms with van der Waals surface area (Å²) in [7, 11) is 0. The number of hydrogen-bond donors (Lipinski definition) is 0. The highest BCUT2D eigenvalue weighted by molar-refractivity contribution is 6.20. The zero-order valence-corrected chi connectivity index (χ0v) is 11.7. The number of benzene rings is 1. The Hall–Kier alpha value is -1.94. The Morgan fingerprint density at radius 2 is 2.15 bits per heavy atom. The first-order valence-corrected chi connectivity index (χ1v) is 6.78. The van der Waals surface area contributed by atoms with Crippen molar-refractivity contribution in [2.24, 2.45) is 0 Å². The molecule has 20 heavy (non-hydrogen) atoms. The highest BCUT2D eigenvalue weighted by Gasteiger charge is 2.15. The van der Waals surface area contributed by atoms with Gasteiger partial charge in [-0.2, -0.15) is 0 Å². The third-order valence-electron chi connectivity index (χ3n) is 3.14. The fourth-order valence-corrected chi connectivity index (χ4v) is 2.40. The van der Waals surface area contributed by atoms with E-state index in [0.29, 0.717) is 6.54 Å². The van der Waals surface area contributed by atoms with E-state index in [1.165, 1.54) is 12.1 Å². The highest BCUT2D eigenvalue weighted by atomic mass is 35.5. The lowest BCUT2D eigenvalue weighted by molar-refractivity contribution is 0.628. The summed E-state index contributed by atoms with van der Waals surface area (Å²) in [6.07, 6.45) is 1.73. The highest BCUT2D eigenvalue weighted by Crippen LogP contribution is 2.25. The third kappa shape index (κ3) is 2.39. The molecule has 0 saturated carbocycles. The molecule has 0 N–H and O–H groups in total. The van der Waals surface area contributed by atoms with Crippen molar-refractivity contribution in [2.45, 2.75) is 18.8 Å². The van der Waals surface area contributed by atoms with E-state index in [2.05, 4.69) is 9.97 Å². The third-order valence-corrected chi connectivity index (χ3v) is 3.34. The Labute approximate surface area is 121 Å². The van der Waals surface area contributed by atoms with E-state index < -0.39 is 0 Å². The van der Waals surface area contributed by atoms with Crippen LogP contribution >= 0.6 is 11.6 Å². The zero-order chi connectivity index (χ0) is 14.1. The molecule has 3 nitrogen and oxygen atoms in total. The molecule has 0 bridgehead atoms. The molecule has 3 aromatic rings. The van der Waals surface area contributed by atoms with Crippen molar-refractivity contribution < 1.29 is 4.39 Å². The van der Waals surface area contributed by atoms with E-state index in [0.717, 1.165) is 22.6 Å². The molecular formula is C15H13ClFN3. The molecule has 1 aromatic carbocycles. The lowest BCUT2D eigenvalue weighted by atomic mass is 10.3. The average molecular weight is 290 g/mol. The molecule has 102 valence electrons. The molecule has 0 spiro atoms. The van der Waals surface area contributed by atoms with Gasteiger partial charge in [-0.15, -0.1) is 11.6 Å². The summed E-state index contributed by atoms with van der Waals surface area (Å²) in [6, 6.07) is 10.3. The van der Waals surface area contributed by atoms with E-state index in [9.17, 15) is 4.39 Å². The van der Waals surface area contributed by atoms with Crippen LogP contribution in [0.25, 0.3) is 11.0 Å². The molecule has 1 unspecified atom stereocenters. The number of aromatic nitrogens is 3. The topological polar surface area (TPSA) is 30.7 Å². The van der Waals surface area contributed by atoms with E-state index in [-0.39, 0.29) is 11.2 Å². The number of alkyl halides is 1. The minimum atomic E-state index is -0.284. The van der Waals surface area contributed by atoms with Crippen LogP contribution in [0.4, 0.5) is 4.39 Å². The van der Waals surface area contributed by atoms with Gasteiger partial charge in [0, 0.05) is 6.20 Å². The molecule has 0 aliphatic carbocycles. The van der Waals surface area contributed by atoms with Crippen molar-refractivity contribution >= 4 is 22.6 Å². The molecule has 0 fully saturated rings. The first-order valence-electron chi connectivity index (χ1n) is 6.35. The van der Waals surface area contributed by atoms with Crippen molar-refractivity contribution in [3.05, 3.63) is 59.9 Å². The Morgan fingerprint density at radius 3 is 2.85 bits per heavy atom. The Morgan fingerprint density at radius 1 is 1.30 bits per heavy atom. The number of nitrogens with zero attached hydrogens (tertiary/aromatic N) is 3. The summed E-state index contributed by atoms with van der Waals surface area (Å²) in [6.45, 7) is 2.38. The lowest BCUT2D eigenvalue weighted by Gasteiger charge is -2.10. The fraction of sp³-hybridized carbons (Fsp3) is 0.200. The van der Waals surface area contributed by atoms with Gasteiger partial charge in [0.2, 0.25) is 0 Å². The van der Waals surface area contributed by atoms with Crippen molar-refractivity contribution in [1.29, 1.82) is 0 Å². The summed E-state index contributed by atoms with van der Waals surface area (Å²) in [5.41, 5.74) is 2.36. The van der Waals surface area contributed by atoms with Crippen molar-refractivity contribution in [1.82, 2.24) is 14.5 Å². The van der Waals surface area contributed by atoms with Crippen LogP contribution in [0.2, 0.25) is 0 Å². The van der Waals surface area contributed by atoms with Gasteiger partial charge < -0.3 is 4.57 Å². The Kier molecular flexibility index (Phi) is 3.40. The molecule has 0 saturated heterocycles. The summed E-state index contributed by atoms with van der Waals surface area (Å²) in [5, 5.41) is -0.255. The molecule has 0 aliphatic rings. The van der Waals surface area contributed by atoms with Crippen LogP contribution in [0.15, 0.2) is 42.6 Å². The van der Waals surface area contributed by atoms with Gasteiger partial charge >= 0.3 is 0 Å². The van der Waals surface area contributed by atoms with Crippen LogP contribution in [-0.4, -0.2) is 14.5 Å². The zero-order valence-electron chi connectivity index (χ0n) is 10.9. The molecule has 0 amide bonds. The SMILES string of the molecule is CC(Cl)c1nc2ccc(F)cc2n1Cc1ccccn1. The predicted octanol–water partition coefficient (Wildman–Crippen LogP) is 3.92. The van der Waals surface area contributed by atoms with Gasteiger partial charge in [0.15, 0.2) is 0 Å². The standard InChI is InChI=1S/C15H13ClFN3/c1-10(16)15-19-13-6-5-11(17)8-14(13)20(15)9-12-4-2-3-7-18-12/h2-8,10H,9H2,1H3. The van der Waals surface area contributed by atoms with Crippen LogP contribution in [0.1, 0.15) is 23.8 Å². The second-order valence-corrected chi connectivity index (χ2v) is 5.28. The van der Waals surface area contributed by atoms with E-state index >= 15 is 0 Å². The normalized spacial score (nSPS) is 12.8. The molecule has 0 aliphatic heterocycles. The lowest BCUT2D eigenvalue weighted by Crippen LogP contribution is -2.07. The smallest absolute Gasteiger partial charge is 0.128 e. The second-order valence-electron chi connectivity index (χ2n) is 4.63. The van der Waals surface area contributed by atoms with Gasteiger partial charge in [-0.3, -0.25) is 4.98 Å². The van der Waals surface area contributed by atoms with Crippen molar-refractivity contribution in [3.63, 3.8) is 0 Å². The first-order chi connectivity index (χ1) is 9.65. The largest absolute Gasteiger partial charge is 0.321 e. The van der Waals surface area contributed by atoms with Crippen LogP contribution < -0.4 is 0 Å². The van der Waals surface area contributed by atoms with Crippen molar-refractivity contribution in [2.75, 3.05) is 0 Å². The quantitative estimate of drug-likeness (QED) is 0.684. The Balaban J connectivity index is 2.15. The van der Waals surface area contributed by atoms with Gasteiger partial charge in [-0.05, 0) is 37.3 Å². The molecular weight excluding hydrogens is 277 g/mol. The number of pyridine rings is 1. The molecule has 5 heteroatoms. The summed E-state index contributed by atoms with van der Waals surface area (Å²) in [5.74, 6) is 0.436. The van der Waals surface area contributed by atoms with Crippen LogP contribution in [0, 0.1) is 5.82 Å². The summed E-state index contributed by atoms with van der Waals surface area (Å²) in [4.78, 5) is 8.78. The van der Waals surface area contributed by atoms with Crippen LogP contribution in [0.3, 0.4) is 0 Å². The predicted molar refractivity (Wildman–Crippen MR) is 77.3 cm³/mol. The Bertz CT molecular complexity index is 737.